The first-order chi connectivity index (χ1) is 13.2. The molecular weight excluding hydrogens is 397 g/mol. The number of aliphatic hydroxyl groups is 3. The summed E-state index contributed by atoms with van der Waals surface area (Å²) in [5.74, 6) is -0.00582. The van der Waals surface area contributed by atoms with Crippen LogP contribution in [-0.4, -0.2) is 50.6 Å². The molecule has 9 heteroatoms. The predicted molar refractivity (Wildman–Crippen MR) is 96.2 cm³/mol. The molecular formula is C19H17F3O5S. The Balaban J connectivity index is 1.71. The van der Waals surface area contributed by atoms with E-state index in [0.29, 0.717) is 0 Å². The number of carbonyl (C=O) groups excluding carboxylic acids is 1. The Morgan fingerprint density at radius 1 is 0.964 bits per heavy atom. The van der Waals surface area contributed by atoms with Crippen LogP contribution in [-0.2, 0) is 6.18 Å². The number of carbonyl (C=O) groups is 1. The van der Waals surface area contributed by atoms with Crippen LogP contribution in [0.5, 0.6) is 5.75 Å². The molecule has 150 valence electrons. The summed E-state index contributed by atoms with van der Waals surface area (Å²) in [6.07, 6.45) is -7.80. The fraction of sp³-hybridized carbons (Fsp3) is 0.316. The van der Waals surface area contributed by atoms with Crippen molar-refractivity contribution in [3.8, 4) is 5.75 Å². The topological polar surface area (TPSA) is 87.0 Å². The highest BCUT2D eigenvalue weighted by molar-refractivity contribution is 7.99. The summed E-state index contributed by atoms with van der Waals surface area (Å²) in [5, 5.41) is 29.6. The zero-order valence-corrected chi connectivity index (χ0v) is 15.2. The van der Waals surface area contributed by atoms with Crippen molar-refractivity contribution in [2.24, 2.45) is 0 Å². The van der Waals surface area contributed by atoms with Gasteiger partial charge in [-0.2, -0.15) is 13.2 Å². The lowest BCUT2D eigenvalue weighted by atomic mass is 10.0. The minimum absolute atomic E-state index is 0.110. The van der Waals surface area contributed by atoms with E-state index in [4.69, 9.17) is 4.74 Å². The molecule has 0 aliphatic carbocycles. The molecule has 3 N–H and O–H groups in total. The van der Waals surface area contributed by atoms with Crippen molar-refractivity contribution in [1.82, 2.24) is 0 Å². The third-order valence-electron chi connectivity index (χ3n) is 4.31. The van der Waals surface area contributed by atoms with Crippen LogP contribution in [0.1, 0.15) is 21.5 Å². The Hall–Kier alpha value is -2.07. The van der Waals surface area contributed by atoms with Gasteiger partial charge in [0, 0.05) is 16.9 Å². The van der Waals surface area contributed by atoms with Gasteiger partial charge in [0.2, 0.25) is 0 Å². The summed E-state index contributed by atoms with van der Waals surface area (Å²) in [5.41, 5.74) is -1.50. The molecule has 0 spiro atoms. The van der Waals surface area contributed by atoms with Gasteiger partial charge < -0.3 is 20.1 Å². The van der Waals surface area contributed by atoms with Gasteiger partial charge >= 0.3 is 6.18 Å². The van der Waals surface area contributed by atoms with Gasteiger partial charge in [0.1, 0.15) is 17.3 Å². The van der Waals surface area contributed by atoms with Crippen LogP contribution in [0.25, 0.3) is 0 Å². The highest BCUT2D eigenvalue weighted by atomic mass is 32.2. The summed E-state index contributed by atoms with van der Waals surface area (Å²) in [6.45, 7) is 0. The fourth-order valence-electron chi connectivity index (χ4n) is 2.73. The van der Waals surface area contributed by atoms with E-state index in [1.807, 2.05) is 0 Å². The van der Waals surface area contributed by atoms with E-state index in [1.165, 1.54) is 24.3 Å². The molecule has 1 aliphatic rings. The van der Waals surface area contributed by atoms with Gasteiger partial charge in [0.05, 0.1) is 11.7 Å². The molecule has 0 amide bonds. The van der Waals surface area contributed by atoms with Crippen molar-refractivity contribution in [3.05, 3.63) is 65.2 Å². The van der Waals surface area contributed by atoms with E-state index in [-0.39, 0.29) is 22.6 Å². The van der Waals surface area contributed by atoms with Crippen LogP contribution < -0.4 is 4.74 Å². The Bertz CT molecular complexity index is 823. The number of rotatable bonds is 4. The SMILES string of the molecule is O=C(c1ccc(O[C@@H]2[C@@H](O)[C@H](O)CS[C@@H]2O)cc1)c1ccc(C(F)(F)F)cc1. The zero-order valence-electron chi connectivity index (χ0n) is 14.3. The molecule has 1 heterocycles. The van der Waals surface area contributed by atoms with E-state index in [0.717, 1.165) is 36.0 Å². The minimum Gasteiger partial charge on any atom is -0.484 e. The lowest BCUT2D eigenvalue weighted by molar-refractivity contribution is -0.137. The molecule has 2 aromatic carbocycles. The average molecular weight is 414 g/mol. The molecule has 1 aliphatic heterocycles. The standard InChI is InChI=1S/C19H17F3O5S/c20-19(21,22)12-5-1-10(2-6-12)15(24)11-3-7-13(8-4-11)27-17-16(25)14(23)9-28-18(17)26/h1-8,14,16-18,23,25-26H,9H2/t14-,16+,17-,18+/m1/s1. The molecule has 0 saturated carbocycles. The Morgan fingerprint density at radius 3 is 2.04 bits per heavy atom. The molecule has 4 atom stereocenters. The van der Waals surface area contributed by atoms with Gasteiger partial charge in [-0.05, 0) is 36.4 Å². The Morgan fingerprint density at radius 2 is 1.50 bits per heavy atom. The Kier molecular flexibility index (Phi) is 5.99. The number of ether oxygens (including phenoxy) is 1. The second-order valence-corrected chi connectivity index (χ2v) is 7.44. The maximum Gasteiger partial charge on any atom is 0.416 e. The van der Waals surface area contributed by atoms with E-state index in [1.54, 1.807) is 0 Å². The van der Waals surface area contributed by atoms with Crippen LogP contribution >= 0.6 is 11.8 Å². The van der Waals surface area contributed by atoms with Crippen LogP contribution in [0, 0.1) is 0 Å². The van der Waals surface area contributed by atoms with Crippen LogP contribution in [0.15, 0.2) is 48.5 Å². The molecule has 0 bridgehead atoms. The molecule has 0 aromatic heterocycles. The third kappa shape index (κ3) is 4.49. The van der Waals surface area contributed by atoms with Crippen molar-refractivity contribution < 1.29 is 38.0 Å². The first-order valence-electron chi connectivity index (χ1n) is 8.31. The lowest BCUT2D eigenvalue weighted by Gasteiger charge is -2.35. The quantitative estimate of drug-likeness (QED) is 0.667. The largest absolute Gasteiger partial charge is 0.484 e. The van der Waals surface area contributed by atoms with Gasteiger partial charge in [-0.3, -0.25) is 4.79 Å². The normalized spacial score (nSPS) is 25.4. The maximum atomic E-state index is 12.6. The third-order valence-corrected chi connectivity index (χ3v) is 5.46. The fourth-order valence-corrected chi connectivity index (χ4v) is 3.72. The summed E-state index contributed by atoms with van der Waals surface area (Å²) in [6, 6.07) is 9.68. The van der Waals surface area contributed by atoms with Gasteiger partial charge in [0.15, 0.2) is 11.9 Å². The van der Waals surface area contributed by atoms with Crippen molar-refractivity contribution >= 4 is 17.5 Å². The zero-order chi connectivity index (χ0) is 20.5. The van der Waals surface area contributed by atoms with Gasteiger partial charge in [0.25, 0.3) is 0 Å². The summed E-state index contributed by atoms with van der Waals surface area (Å²) in [4.78, 5) is 12.4. The van der Waals surface area contributed by atoms with Crippen LogP contribution in [0.2, 0.25) is 0 Å². The molecule has 1 saturated heterocycles. The number of benzene rings is 2. The smallest absolute Gasteiger partial charge is 0.416 e. The molecule has 0 radical (unpaired) electrons. The number of hydrogen-bond donors (Lipinski definition) is 3. The highest BCUT2D eigenvalue weighted by Gasteiger charge is 2.39. The summed E-state index contributed by atoms with van der Waals surface area (Å²) >= 11 is 1.05. The number of aliphatic hydroxyl groups excluding tert-OH is 3. The van der Waals surface area contributed by atoms with Gasteiger partial charge in [-0.25, -0.2) is 0 Å². The first kappa shape index (κ1) is 20.7. The molecule has 1 fully saturated rings. The van der Waals surface area contributed by atoms with Crippen molar-refractivity contribution in [3.63, 3.8) is 0 Å². The Labute approximate surface area is 162 Å². The second kappa shape index (κ2) is 8.12. The maximum absolute atomic E-state index is 12.6. The molecule has 0 unspecified atom stereocenters. The monoisotopic (exact) mass is 414 g/mol. The van der Waals surface area contributed by atoms with Gasteiger partial charge in [-0.1, -0.05) is 12.1 Å². The molecule has 28 heavy (non-hydrogen) atoms. The number of hydrogen-bond acceptors (Lipinski definition) is 6. The van der Waals surface area contributed by atoms with Crippen LogP contribution in [0.4, 0.5) is 13.2 Å². The van der Waals surface area contributed by atoms with Crippen molar-refractivity contribution in [1.29, 1.82) is 0 Å². The van der Waals surface area contributed by atoms with E-state index in [2.05, 4.69) is 0 Å². The van der Waals surface area contributed by atoms with E-state index in [9.17, 15) is 33.3 Å². The van der Waals surface area contributed by atoms with E-state index >= 15 is 0 Å². The molecule has 3 rings (SSSR count). The van der Waals surface area contributed by atoms with Crippen molar-refractivity contribution in [2.75, 3.05) is 5.75 Å². The molecule has 2 aromatic rings. The predicted octanol–water partition coefficient (Wildman–Crippen LogP) is 2.47. The van der Waals surface area contributed by atoms with Gasteiger partial charge in [-0.15, -0.1) is 11.8 Å². The number of ketones is 1. The highest BCUT2D eigenvalue weighted by Crippen LogP contribution is 2.30. The first-order valence-corrected chi connectivity index (χ1v) is 9.36. The number of thioether (sulfide) groups is 1. The summed E-state index contributed by atoms with van der Waals surface area (Å²) < 4.78 is 43.4. The van der Waals surface area contributed by atoms with Crippen LogP contribution in [0.3, 0.4) is 0 Å². The molecule has 5 nitrogen and oxygen atoms in total. The van der Waals surface area contributed by atoms with E-state index < -0.39 is 41.3 Å². The van der Waals surface area contributed by atoms with Crippen molar-refractivity contribution in [2.45, 2.75) is 29.9 Å². The lowest BCUT2D eigenvalue weighted by Crippen LogP contribution is -2.51. The number of halogens is 3. The average Bonchev–Trinajstić information content (AvgIpc) is 2.67. The second-order valence-electron chi connectivity index (χ2n) is 6.29. The summed E-state index contributed by atoms with van der Waals surface area (Å²) in [7, 11) is 0. The minimum atomic E-state index is -4.47. The number of alkyl halides is 3.